The average molecular weight is 271 g/mol. The number of rotatable bonds is 5. The zero-order valence-electron chi connectivity index (χ0n) is 10.5. The lowest BCUT2D eigenvalue weighted by atomic mass is 10.2. The summed E-state index contributed by atoms with van der Waals surface area (Å²) < 4.78 is 5.45. The van der Waals surface area contributed by atoms with Gasteiger partial charge in [-0.15, -0.1) is 0 Å². The van der Waals surface area contributed by atoms with Crippen LogP contribution < -0.4 is 10.1 Å². The Morgan fingerprint density at radius 1 is 1.21 bits per heavy atom. The molecule has 1 aromatic rings. The van der Waals surface area contributed by atoms with Crippen molar-refractivity contribution in [1.82, 2.24) is 5.32 Å². The van der Waals surface area contributed by atoms with Gasteiger partial charge in [0.1, 0.15) is 12.4 Å². The predicted octanol–water partition coefficient (Wildman–Crippen LogP) is -0.0673. The van der Waals surface area contributed by atoms with E-state index in [1.807, 2.05) is 31.3 Å². The van der Waals surface area contributed by atoms with E-state index in [-0.39, 0.29) is 6.61 Å². The summed E-state index contributed by atoms with van der Waals surface area (Å²) in [6.07, 6.45) is 0. The Morgan fingerprint density at radius 3 is 2.26 bits per heavy atom. The summed E-state index contributed by atoms with van der Waals surface area (Å²) in [5.74, 6) is -2.88. The first-order valence-electron chi connectivity index (χ1n) is 5.45. The summed E-state index contributed by atoms with van der Waals surface area (Å²) in [6.45, 7) is 1.45. The molecular weight excluding hydrogens is 254 g/mol. The maximum atomic E-state index is 9.10. The van der Waals surface area contributed by atoms with Gasteiger partial charge in [0.25, 0.3) is 0 Å². The second-order valence-electron chi connectivity index (χ2n) is 3.33. The molecule has 0 amide bonds. The smallest absolute Gasteiger partial charge is 0.414 e. The molecule has 0 aromatic heterocycles. The molecule has 0 aliphatic rings. The highest BCUT2D eigenvalue weighted by Gasteiger charge is 2.04. The molecule has 1 aromatic carbocycles. The van der Waals surface area contributed by atoms with Gasteiger partial charge in [-0.05, 0) is 13.1 Å². The summed E-state index contributed by atoms with van der Waals surface area (Å²) in [6, 6.07) is 7.50. The fourth-order valence-electron chi connectivity index (χ4n) is 1.04. The highest BCUT2D eigenvalue weighted by atomic mass is 16.5. The number of nitrogens with one attached hydrogen (secondary N) is 1. The van der Waals surface area contributed by atoms with Crippen molar-refractivity contribution in [2.75, 3.05) is 20.2 Å². The third-order valence-corrected chi connectivity index (χ3v) is 1.94. The lowest BCUT2D eigenvalue weighted by molar-refractivity contribution is -0.159. The van der Waals surface area contributed by atoms with Crippen LogP contribution in [0.3, 0.4) is 0 Å². The van der Waals surface area contributed by atoms with Crippen LogP contribution in [0.25, 0.3) is 0 Å². The van der Waals surface area contributed by atoms with Gasteiger partial charge in [-0.3, -0.25) is 0 Å². The molecule has 0 radical (unpaired) electrons. The van der Waals surface area contributed by atoms with Gasteiger partial charge < -0.3 is 25.4 Å². The van der Waals surface area contributed by atoms with Gasteiger partial charge >= 0.3 is 11.9 Å². The predicted molar refractivity (Wildman–Crippen MR) is 67.1 cm³/mol. The molecule has 0 spiro atoms. The third-order valence-electron chi connectivity index (χ3n) is 1.94. The van der Waals surface area contributed by atoms with Crippen molar-refractivity contribution in [2.45, 2.75) is 6.61 Å². The monoisotopic (exact) mass is 271 g/mol. The quantitative estimate of drug-likeness (QED) is 0.437. The normalized spacial score (nSPS) is 9.16. The molecule has 7 heteroatoms. The van der Waals surface area contributed by atoms with Crippen molar-refractivity contribution in [2.24, 2.45) is 0 Å². The number of carbonyl (C=O) groups is 2. The molecule has 0 heterocycles. The van der Waals surface area contributed by atoms with Gasteiger partial charge in [0.2, 0.25) is 0 Å². The van der Waals surface area contributed by atoms with E-state index in [0.717, 1.165) is 17.9 Å². The van der Waals surface area contributed by atoms with E-state index in [9.17, 15) is 0 Å². The van der Waals surface area contributed by atoms with E-state index in [1.54, 1.807) is 0 Å². The number of ether oxygens (including phenoxy) is 1. The molecule has 19 heavy (non-hydrogen) atoms. The molecule has 0 atom stereocenters. The van der Waals surface area contributed by atoms with Crippen LogP contribution in [0, 0.1) is 0 Å². The molecule has 1 rings (SSSR count). The van der Waals surface area contributed by atoms with E-state index in [1.165, 1.54) is 0 Å². The Kier molecular flexibility index (Phi) is 8.76. The zero-order valence-corrected chi connectivity index (χ0v) is 10.5. The molecule has 0 bridgehead atoms. The Labute approximate surface area is 110 Å². The number of aliphatic hydroxyl groups is 1. The van der Waals surface area contributed by atoms with Crippen molar-refractivity contribution in [3.05, 3.63) is 29.8 Å². The number of aliphatic carboxylic acids is 2. The lowest BCUT2D eigenvalue weighted by Crippen LogP contribution is -2.16. The molecule has 0 saturated carbocycles. The van der Waals surface area contributed by atoms with Gasteiger partial charge in [-0.2, -0.15) is 0 Å². The molecule has 7 nitrogen and oxygen atoms in total. The molecule has 0 unspecified atom stereocenters. The van der Waals surface area contributed by atoms with Gasteiger partial charge in [0.05, 0.1) is 6.61 Å². The largest absolute Gasteiger partial charge is 0.492 e. The van der Waals surface area contributed by atoms with Crippen LogP contribution in [0.15, 0.2) is 24.3 Å². The van der Waals surface area contributed by atoms with Crippen LogP contribution in [0.1, 0.15) is 5.56 Å². The molecule has 4 N–H and O–H groups in total. The molecule has 0 aliphatic heterocycles. The Morgan fingerprint density at radius 2 is 1.79 bits per heavy atom. The van der Waals surface area contributed by atoms with Crippen LogP contribution in [0.2, 0.25) is 0 Å². The van der Waals surface area contributed by atoms with Gasteiger partial charge in [0.15, 0.2) is 0 Å². The number of hydrogen-bond acceptors (Lipinski definition) is 5. The molecule has 0 saturated heterocycles. The van der Waals surface area contributed by atoms with Crippen LogP contribution in [-0.2, 0) is 16.2 Å². The van der Waals surface area contributed by atoms with Crippen molar-refractivity contribution in [3.63, 3.8) is 0 Å². The molecule has 0 fully saturated rings. The minimum atomic E-state index is -1.82. The first-order chi connectivity index (χ1) is 9.02. The maximum Gasteiger partial charge on any atom is 0.414 e. The van der Waals surface area contributed by atoms with E-state index in [0.29, 0.717) is 6.61 Å². The van der Waals surface area contributed by atoms with E-state index in [4.69, 9.17) is 29.6 Å². The standard InChI is InChI=1S/C10H15NO2.C2H2O4/c1-11-6-7-13-10-5-3-2-4-9(10)8-12;3-1(4)2(5)6/h2-5,11-12H,6-8H2,1H3;(H,3,4)(H,5,6). The minimum absolute atomic E-state index is 0.0235. The lowest BCUT2D eigenvalue weighted by Gasteiger charge is -2.08. The number of carboxylic acid groups (broad SMARTS) is 2. The Hall–Kier alpha value is -2.12. The van der Waals surface area contributed by atoms with Gasteiger partial charge in [-0.1, -0.05) is 18.2 Å². The second kappa shape index (κ2) is 9.86. The Balaban J connectivity index is 0.000000459. The summed E-state index contributed by atoms with van der Waals surface area (Å²) >= 11 is 0. The van der Waals surface area contributed by atoms with Gasteiger partial charge in [0, 0.05) is 12.1 Å². The summed E-state index contributed by atoms with van der Waals surface area (Å²) in [5, 5.41) is 26.7. The van der Waals surface area contributed by atoms with Crippen molar-refractivity contribution in [1.29, 1.82) is 0 Å². The summed E-state index contributed by atoms with van der Waals surface area (Å²) in [7, 11) is 1.88. The zero-order chi connectivity index (χ0) is 14.7. The third kappa shape index (κ3) is 7.74. The number of likely N-dealkylation sites (N-methyl/N-ethyl adjacent to an activating group) is 1. The van der Waals surface area contributed by atoms with Crippen LogP contribution >= 0.6 is 0 Å². The summed E-state index contributed by atoms with van der Waals surface area (Å²) in [5.41, 5.74) is 0.832. The SMILES string of the molecule is CNCCOc1ccccc1CO.O=C(O)C(=O)O. The van der Waals surface area contributed by atoms with E-state index in [2.05, 4.69) is 5.32 Å². The number of para-hydroxylation sites is 1. The van der Waals surface area contributed by atoms with Crippen LogP contribution in [-0.4, -0.2) is 47.5 Å². The number of hydrogen-bond donors (Lipinski definition) is 4. The van der Waals surface area contributed by atoms with Crippen molar-refractivity contribution in [3.8, 4) is 5.75 Å². The first kappa shape index (κ1) is 16.9. The first-order valence-corrected chi connectivity index (χ1v) is 5.45. The van der Waals surface area contributed by atoms with Crippen LogP contribution in [0.5, 0.6) is 5.75 Å². The summed E-state index contributed by atoms with van der Waals surface area (Å²) in [4.78, 5) is 18.2. The van der Waals surface area contributed by atoms with Crippen molar-refractivity contribution >= 4 is 11.9 Å². The van der Waals surface area contributed by atoms with E-state index < -0.39 is 11.9 Å². The number of benzene rings is 1. The highest BCUT2D eigenvalue weighted by molar-refractivity contribution is 6.27. The molecule has 0 aliphatic carbocycles. The number of carboxylic acids is 2. The fraction of sp³-hybridized carbons (Fsp3) is 0.333. The highest BCUT2D eigenvalue weighted by Crippen LogP contribution is 2.17. The number of aliphatic hydroxyl groups excluding tert-OH is 1. The topological polar surface area (TPSA) is 116 Å². The minimum Gasteiger partial charge on any atom is -0.492 e. The maximum absolute atomic E-state index is 9.10. The second-order valence-corrected chi connectivity index (χ2v) is 3.33. The van der Waals surface area contributed by atoms with Crippen LogP contribution in [0.4, 0.5) is 0 Å². The Bertz CT molecular complexity index is 395. The van der Waals surface area contributed by atoms with E-state index >= 15 is 0 Å². The van der Waals surface area contributed by atoms with Crippen molar-refractivity contribution < 1.29 is 29.6 Å². The molecular formula is C12H17NO6. The molecule has 106 valence electrons. The average Bonchev–Trinajstić information content (AvgIpc) is 2.40. The fourth-order valence-corrected chi connectivity index (χ4v) is 1.04. The van der Waals surface area contributed by atoms with Gasteiger partial charge in [-0.25, -0.2) is 9.59 Å².